The van der Waals surface area contributed by atoms with Crippen LogP contribution < -0.4 is 0 Å². The second-order valence-corrected chi connectivity index (χ2v) is 10.1. The van der Waals surface area contributed by atoms with E-state index < -0.39 is 0 Å². The molecule has 0 spiro atoms. The summed E-state index contributed by atoms with van der Waals surface area (Å²) in [6.45, 7) is 0. The van der Waals surface area contributed by atoms with Gasteiger partial charge in [0.05, 0.1) is 0 Å². The molecule has 1 aromatic heterocycles. The standard InChI is InChI=1S/C39H27N3/c1-4-12-28(13-5-1)30-22-24-31(25-23-30)34-19-11-21-36(27-34)39-41-37(32-16-8-3-9-17-32)40-38(42-39)35-20-10-18-33(26-35)29-14-6-2-7-15-29/h1-27H. The summed E-state index contributed by atoms with van der Waals surface area (Å²) >= 11 is 0. The largest absolute Gasteiger partial charge is 0.208 e. The minimum Gasteiger partial charge on any atom is -0.208 e. The van der Waals surface area contributed by atoms with E-state index in [-0.39, 0.29) is 0 Å². The van der Waals surface area contributed by atoms with Crippen molar-refractivity contribution in [3.05, 3.63) is 164 Å². The van der Waals surface area contributed by atoms with Crippen LogP contribution in [0.4, 0.5) is 0 Å². The summed E-state index contributed by atoms with van der Waals surface area (Å²) in [6, 6.07) is 56.4. The third-order valence-corrected chi connectivity index (χ3v) is 7.34. The zero-order valence-electron chi connectivity index (χ0n) is 22.9. The molecule has 7 rings (SSSR count). The smallest absolute Gasteiger partial charge is 0.164 e. The molecule has 0 aliphatic rings. The molecule has 0 amide bonds. The normalized spacial score (nSPS) is 10.9. The molecule has 42 heavy (non-hydrogen) atoms. The fraction of sp³-hybridized carbons (Fsp3) is 0. The van der Waals surface area contributed by atoms with E-state index in [0.717, 1.165) is 38.9 Å². The fourth-order valence-corrected chi connectivity index (χ4v) is 5.14. The maximum Gasteiger partial charge on any atom is 0.164 e. The van der Waals surface area contributed by atoms with Crippen molar-refractivity contribution in [3.63, 3.8) is 0 Å². The second-order valence-electron chi connectivity index (χ2n) is 10.1. The van der Waals surface area contributed by atoms with Gasteiger partial charge >= 0.3 is 0 Å². The molecular formula is C39H27N3. The average molecular weight is 538 g/mol. The van der Waals surface area contributed by atoms with Gasteiger partial charge in [-0.15, -0.1) is 0 Å². The van der Waals surface area contributed by atoms with Crippen LogP contribution in [0.25, 0.3) is 67.5 Å². The van der Waals surface area contributed by atoms with E-state index in [2.05, 4.69) is 121 Å². The van der Waals surface area contributed by atoms with Crippen LogP contribution in [0.15, 0.2) is 164 Å². The predicted octanol–water partition coefficient (Wildman–Crippen LogP) is 9.87. The van der Waals surface area contributed by atoms with E-state index in [1.165, 1.54) is 11.1 Å². The first kappa shape index (κ1) is 25.3. The Labute approximate surface area is 245 Å². The molecule has 3 heteroatoms. The number of aromatic nitrogens is 3. The molecule has 0 bridgehead atoms. The van der Waals surface area contributed by atoms with Crippen LogP contribution in [0, 0.1) is 0 Å². The Kier molecular flexibility index (Phi) is 6.89. The van der Waals surface area contributed by atoms with Gasteiger partial charge in [-0.25, -0.2) is 15.0 Å². The summed E-state index contributed by atoms with van der Waals surface area (Å²) < 4.78 is 0. The first-order valence-electron chi connectivity index (χ1n) is 14.0. The topological polar surface area (TPSA) is 38.7 Å². The molecular weight excluding hydrogens is 510 g/mol. The average Bonchev–Trinajstić information content (AvgIpc) is 3.09. The van der Waals surface area contributed by atoms with Gasteiger partial charge < -0.3 is 0 Å². The van der Waals surface area contributed by atoms with Crippen molar-refractivity contribution in [3.8, 4) is 67.5 Å². The molecule has 0 saturated heterocycles. The lowest BCUT2D eigenvalue weighted by atomic mass is 9.99. The van der Waals surface area contributed by atoms with Gasteiger partial charge in [0, 0.05) is 16.7 Å². The van der Waals surface area contributed by atoms with Gasteiger partial charge in [-0.1, -0.05) is 152 Å². The summed E-state index contributed by atoms with van der Waals surface area (Å²) in [4.78, 5) is 14.9. The van der Waals surface area contributed by atoms with Crippen LogP contribution >= 0.6 is 0 Å². The quantitative estimate of drug-likeness (QED) is 0.212. The van der Waals surface area contributed by atoms with Crippen molar-refractivity contribution in [2.75, 3.05) is 0 Å². The molecule has 7 aromatic rings. The Hall–Kier alpha value is -5.67. The Bertz CT molecular complexity index is 1950. The number of benzene rings is 6. The van der Waals surface area contributed by atoms with E-state index >= 15 is 0 Å². The van der Waals surface area contributed by atoms with Crippen LogP contribution in [0.1, 0.15) is 0 Å². The molecule has 0 saturated carbocycles. The third-order valence-electron chi connectivity index (χ3n) is 7.34. The first-order valence-corrected chi connectivity index (χ1v) is 14.0. The van der Waals surface area contributed by atoms with Crippen LogP contribution in [-0.2, 0) is 0 Å². The van der Waals surface area contributed by atoms with Gasteiger partial charge in [-0.3, -0.25) is 0 Å². The van der Waals surface area contributed by atoms with Crippen LogP contribution in [0.5, 0.6) is 0 Å². The molecule has 0 radical (unpaired) electrons. The van der Waals surface area contributed by atoms with Crippen molar-refractivity contribution in [1.82, 2.24) is 15.0 Å². The molecule has 198 valence electrons. The second kappa shape index (κ2) is 11.4. The maximum atomic E-state index is 5.00. The van der Waals surface area contributed by atoms with E-state index in [4.69, 9.17) is 15.0 Å². The zero-order valence-corrected chi connectivity index (χ0v) is 22.9. The van der Waals surface area contributed by atoms with Crippen LogP contribution in [-0.4, -0.2) is 15.0 Å². The lowest BCUT2D eigenvalue weighted by Gasteiger charge is -2.11. The van der Waals surface area contributed by atoms with Crippen molar-refractivity contribution in [2.45, 2.75) is 0 Å². The van der Waals surface area contributed by atoms with Crippen molar-refractivity contribution in [2.24, 2.45) is 0 Å². The summed E-state index contributed by atoms with van der Waals surface area (Å²) in [7, 11) is 0. The van der Waals surface area contributed by atoms with Gasteiger partial charge in [0.15, 0.2) is 17.5 Å². The molecule has 3 nitrogen and oxygen atoms in total. The van der Waals surface area contributed by atoms with Crippen molar-refractivity contribution < 1.29 is 0 Å². The lowest BCUT2D eigenvalue weighted by molar-refractivity contribution is 1.07. The Balaban J connectivity index is 1.30. The SMILES string of the molecule is c1ccc(-c2ccc(-c3cccc(-c4nc(-c5ccccc5)nc(-c5cccc(-c6ccccc6)c5)n4)c3)cc2)cc1. The highest BCUT2D eigenvalue weighted by atomic mass is 15.0. The Morgan fingerprint density at radius 3 is 0.952 bits per heavy atom. The molecule has 0 aliphatic carbocycles. The number of hydrogen-bond donors (Lipinski definition) is 0. The van der Waals surface area contributed by atoms with Gasteiger partial charge in [0.25, 0.3) is 0 Å². The monoisotopic (exact) mass is 537 g/mol. The molecule has 0 aliphatic heterocycles. The zero-order chi connectivity index (χ0) is 28.1. The highest BCUT2D eigenvalue weighted by Gasteiger charge is 2.13. The molecule has 0 atom stereocenters. The predicted molar refractivity (Wildman–Crippen MR) is 172 cm³/mol. The minimum atomic E-state index is 0.645. The summed E-state index contributed by atoms with van der Waals surface area (Å²) in [6.07, 6.45) is 0. The molecule has 0 unspecified atom stereocenters. The number of rotatable bonds is 6. The van der Waals surface area contributed by atoms with E-state index in [1.807, 2.05) is 42.5 Å². The van der Waals surface area contributed by atoms with Gasteiger partial charge in [-0.2, -0.15) is 0 Å². The first-order chi connectivity index (χ1) is 20.8. The lowest BCUT2D eigenvalue weighted by Crippen LogP contribution is -2.00. The summed E-state index contributed by atoms with van der Waals surface area (Å²) in [5, 5.41) is 0. The third kappa shape index (κ3) is 5.36. The Morgan fingerprint density at radius 2 is 0.500 bits per heavy atom. The number of nitrogens with zero attached hydrogens (tertiary/aromatic N) is 3. The van der Waals surface area contributed by atoms with Gasteiger partial charge in [0.2, 0.25) is 0 Å². The Morgan fingerprint density at radius 1 is 0.214 bits per heavy atom. The van der Waals surface area contributed by atoms with Crippen molar-refractivity contribution in [1.29, 1.82) is 0 Å². The van der Waals surface area contributed by atoms with E-state index in [9.17, 15) is 0 Å². The maximum absolute atomic E-state index is 5.00. The van der Waals surface area contributed by atoms with E-state index in [0.29, 0.717) is 17.5 Å². The van der Waals surface area contributed by atoms with E-state index in [1.54, 1.807) is 0 Å². The molecule has 0 fully saturated rings. The van der Waals surface area contributed by atoms with Gasteiger partial charge in [-0.05, 0) is 45.5 Å². The highest BCUT2D eigenvalue weighted by molar-refractivity contribution is 5.76. The summed E-state index contributed by atoms with van der Waals surface area (Å²) in [5.41, 5.74) is 9.79. The highest BCUT2D eigenvalue weighted by Crippen LogP contribution is 2.31. The van der Waals surface area contributed by atoms with Gasteiger partial charge in [0.1, 0.15) is 0 Å². The molecule has 6 aromatic carbocycles. The minimum absolute atomic E-state index is 0.645. The van der Waals surface area contributed by atoms with Crippen molar-refractivity contribution >= 4 is 0 Å². The fourth-order valence-electron chi connectivity index (χ4n) is 5.14. The van der Waals surface area contributed by atoms with Crippen LogP contribution in [0.3, 0.4) is 0 Å². The molecule has 1 heterocycles. The van der Waals surface area contributed by atoms with Crippen LogP contribution in [0.2, 0.25) is 0 Å². The number of hydrogen-bond acceptors (Lipinski definition) is 3. The summed E-state index contributed by atoms with van der Waals surface area (Å²) in [5.74, 6) is 1.94. The molecule has 0 N–H and O–H groups in total.